The fourth-order valence-electron chi connectivity index (χ4n) is 2.14. The molecule has 0 aliphatic rings. The molecule has 28 heavy (non-hydrogen) atoms. The molecule has 0 atom stereocenters. The Bertz CT molecular complexity index is 544. The molecule has 7 nitrogen and oxygen atoms in total. The largest absolute Gasteiger partial charge is 0.491 e. The maximum atomic E-state index is 11.7. The number of alkyl carbamates (subject to hydrolysis) is 1. The van der Waals surface area contributed by atoms with Crippen LogP contribution in [0.5, 0.6) is 5.75 Å². The first-order chi connectivity index (χ1) is 13.4. The van der Waals surface area contributed by atoms with Crippen molar-refractivity contribution in [1.29, 1.82) is 0 Å². The highest BCUT2D eigenvalue weighted by atomic mass is 16.6. The molecule has 0 unspecified atom stereocenters. The lowest BCUT2D eigenvalue weighted by molar-refractivity contribution is 0.00945. The van der Waals surface area contributed by atoms with E-state index in [0.29, 0.717) is 46.2 Å². The molecule has 0 heterocycles. The van der Waals surface area contributed by atoms with E-state index in [1.807, 2.05) is 45.0 Å². The van der Waals surface area contributed by atoms with Gasteiger partial charge in [-0.15, -0.1) is 0 Å². The molecule has 1 rings (SSSR count). The van der Waals surface area contributed by atoms with Crippen molar-refractivity contribution in [2.75, 3.05) is 46.2 Å². The zero-order valence-corrected chi connectivity index (χ0v) is 17.6. The average Bonchev–Trinajstić information content (AvgIpc) is 2.63. The molecule has 0 aromatic heterocycles. The molecule has 0 aliphatic carbocycles. The van der Waals surface area contributed by atoms with Crippen molar-refractivity contribution in [3.63, 3.8) is 0 Å². The van der Waals surface area contributed by atoms with Crippen LogP contribution in [0.2, 0.25) is 0 Å². The maximum absolute atomic E-state index is 11.7. The minimum Gasteiger partial charge on any atom is -0.491 e. The molecular weight excluding hydrogens is 362 g/mol. The van der Waals surface area contributed by atoms with Crippen LogP contribution < -0.4 is 10.1 Å². The van der Waals surface area contributed by atoms with Crippen molar-refractivity contribution < 1.29 is 28.5 Å². The van der Waals surface area contributed by atoms with E-state index in [1.54, 1.807) is 0 Å². The van der Waals surface area contributed by atoms with Crippen LogP contribution in [0.15, 0.2) is 24.3 Å². The van der Waals surface area contributed by atoms with Crippen molar-refractivity contribution in [2.24, 2.45) is 0 Å². The van der Waals surface area contributed by atoms with E-state index in [-0.39, 0.29) is 0 Å². The van der Waals surface area contributed by atoms with Crippen LogP contribution in [-0.4, -0.2) is 57.9 Å². The minimum absolute atomic E-state index is 0.377. The number of amides is 1. The van der Waals surface area contributed by atoms with Gasteiger partial charge in [-0.3, -0.25) is 0 Å². The second-order valence-corrected chi connectivity index (χ2v) is 7.19. The molecule has 1 N–H and O–H groups in total. The van der Waals surface area contributed by atoms with Gasteiger partial charge in [-0.05, 0) is 44.9 Å². The van der Waals surface area contributed by atoms with Crippen LogP contribution >= 0.6 is 0 Å². The van der Waals surface area contributed by atoms with Gasteiger partial charge < -0.3 is 29.0 Å². The van der Waals surface area contributed by atoms with Crippen molar-refractivity contribution in [1.82, 2.24) is 5.32 Å². The molecule has 0 saturated heterocycles. The summed E-state index contributed by atoms with van der Waals surface area (Å²) in [4.78, 5) is 11.7. The van der Waals surface area contributed by atoms with Crippen LogP contribution in [0.4, 0.5) is 4.79 Å². The zero-order valence-electron chi connectivity index (χ0n) is 17.6. The number of benzene rings is 1. The highest BCUT2D eigenvalue weighted by Gasteiger charge is 2.15. The second-order valence-electron chi connectivity index (χ2n) is 7.19. The van der Waals surface area contributed by atoms with E-state index < -0.39 is 11.7 Å². The molecular formula is C21H35NO6. The highest BCUT2D eigenvalue weighted by Crippen LogP contribution is 2.13. The van der Waals surface area contributed by atoms with Gasteiger partial charge in [0.1, 0.15) is 18.0 Å². The fraction of sp³-hybridized carbons (Fsp3) is 0.667. The summed E-state index contributed by atoms with van der Waals surface area (Å²) < 4.78 is 27.1. The highest BCUT2D eigenvalue weighted by molar-refractivity contribution is 5.67. The summed E-state index contributed by atoms with van der Waals surface area (Å²) in [6.45, 7) is 11.9. The van der Waals surface area contributed by atoms with E-state index >= 15 is 0 Å². The molecule has 1 aromatic rings. The molecule has 0 radical (unpaired) electrons. The predicted octanol–water partition coefficient (Wildman–Crippen LogP) is 3.55. The Kier molecular flexibility index (Phi) is 12.3. The van der Waals surface area contributed by atoms with E-state index in [2.05, 4.69) is 12.2 Å². The SMILES string of the molecule is CCCOCCOCCOCCOc1cccc(CNC(=O)OC(C)(C)C)c1. The summed E-state index contributed by atoms with van der Waals surface area (Å²) in [5.74, 6) is 0.733. The van der Waals surface area contributed by atoms with Gasteiger partial charge in [0.15, 0.2) is 0 Å². The molecule has 1 amide bonds. The Labute approximate surface area is 168 Å². The lowest BCUT2D eigenvalue weighted by Gasteiger charge is -2.19. The van der Waals surface area contributed by atoms with Gasteiger partial charge in [-0.1, -0.05) is 19.1 Å². The Morgan fingerprint density at radius 2 is 1.54 bits per heavy atom. The third-order valence-electron chi connectivity index (χ3n) is 3.32. The quantitative estimate of drug-likeness (QED) is 0.484. The minimum atomic E-state index is -0.511. The first kappa shape index (κ1) is 24.2. The topological polar surface area (TPSA) is 75.3 Å². The normalized spacial score (nSPS) is 11.3. The first-order valence-corrected chi connectivity index (χ1v) is 9.82. The Morgan fingerprint density at radius 3 is 2.14 bits per heavy atom. The molecule has 1 aromatic carbocycles. The predicted molar refractivity (Wildman–Crippen MR) is 108 cm³/mol. The monoisotopic (exact) mass is 397 g/mol. The number of ether oxygens (including phenoxy) is 5. The number of hydrogen-bond acceptors (Lipinski definition) is 6. The third-order valence-corrected chi connectivity index (χ3v) is 3.32. The average molecular weight is 398 g/mol. The van der Waals surface area contributed by atoms with Crippen molar-refractivity contribution in [2.45, 2.75) is 46.3 Å². The van der Waals surface area contributed by atoms with E-state index in [1.165, 1.54) is 0 Å². The lowest BCUT2D eigenvalue weighted by Crippen LogP contribution is -2.32. The summed E-state index contributed by atoms with van der Waals surface area (Å²) in [7, 11) is 0. The van der Waals surface area contributed by atoms with Crippen LogP contribution in [0, 0.1) is 0 Å². The first-order valence-electron chi connectivity index (χ1n) is 9.82. The Hall–Kier alpha value is -1.83. The zero-order chi connectivity index (χ0) is 20.7. The molecule has 160 valence electrons. The third kappa shape index (κ3) is 13.4. The van der Waals surface area contributed by atoms with Crippen molar-refractivity contribution in [3.8, 4) is 5.75 Å². The molecule has 0 aliphatic heterocycles. The fourth-order valence-corrected chi connectivity index (χ4v) is 2.14. The summed E-state index contributed by atoms with van der Waals surface area (Å²) in [6, 6.07) is 7.56. The van der Waals surface area contributed by atoms with Crippen LogP contribution in [0.3, 0.4) is 0 Å². The van der Waals surface area contributed by atoms with Crippen LogP contribution in [0.25, 0.3) is 0 Å². The lowest BCUT2D eigenvalue weighted by atomic mass is 10.2. The molecule has 7 heteroatoms. The molecule has 0 fully saturated rings. The van der Waals surface area contributed by atoms with Gasteiger partial charge in [0.25, 0.3) is 0 Å². The van der Waals surface area contributed by atoms with Gasteiger partial charge in [0.2, 0.25) is 0 Å². The number of hydrogen-bond donors (Lipinski definition) is 1. The van der Waals surface area contributed by atoms with E-state index in [0.717, 1.165) is 24.3 Å². The van der Waals surface area contributed by atoms with E-state index in [4.69, 9.17) is 23.7 Å². The number of carbonyl (C=O) groups is 1. The maximum Gasteiger partial charge on any atom is 0.407 e. The van der Waals surface area contributed by atoms with Gasteiger partial charge in [-0.2, -0.15) is 0 Å². The summed E-state index contributed by atoms with van der Waals surface area (Å²) in [5.41, 5.74) is 0.422. The summed E-state index contributed by atoms with van der Waals surface area (Å²) in [5, 5.41) is 2.73. The standard InChI is InChI=1S/C21H35NO6/c1-5-9-24-10-11-25-12-13-26-14-15-27-19-8-6-7-18(16-19)17-22-20(23)28-21(2,3)4/h6-8,16H,5,9-15,17H2,1-4H3,(H,22,23). The van der Waals surface area contributed by atoms with E-state index in [9.17, 15) is 4.79 Å². The van der Waals surface area contributed by atoms with Gasteiger partial charge in [-0.25, -0.2) is 4.79 Å². The number of rotatable bonds is 14. The van der Waals surface area contributed by atoms with Gasteiger partial charge in [0, 0.05) is 13.2 Å². The molecule has 0 bridgehead atoms. The second kappa shape index (κ2) is 14.2. The number of carbonyl (C=O) groups excluding carboxylic acids is 1. The number of nitrogens with one attached hydrogen (secondary N) is 1. The molecule has 0 saturated carbocycles. The van der Waals surface area contributed by atoms with Gasteiger partial charge in [0.05, 0.1) is 33.0 Å². The molecule has 0 spiro atoms. The van der Waals surface area contributed by atoms with Gasteiger partial charge >= 0.3 is 6.09 Å². The van der Waals surface area contributed by atoms with Crippen LogP contribution in [-0.2, 0) is 25.5 Å². The Balaban J connectivity index is 2.11. The van der Waals surface area contributed by atoms with Crippen LogP contribution in [0.1, 0.15) is 39.7 Å². The van der Waals surface area contributed by atoms with Crippen molar-refractivity contribution in [3.05, 3.63) is 29.8 Å². The Morgan fingerprint density at radius 1 is 0.929 bits per heavy atom. The summed E-state index contributed by atoms with van der Waals surface area (Å²) >= 11 is 0. The smallest absolute Gasteiger partial charge is 0.407 e. The van der Waals surface area contributed by atoms with Crippen molar-refractivity contribution >= 4 is 6.09 Å². The summed E-state index contributed by atoms with van der Waals surface area (Å²) in [6.07, 6.45) is 0.582.